The quantitative estimate of drug-likeness (QED) is 0.866. The molecule has 0 bridgehead atoms. The Labute approximate surface area is 112 Å². The Kier molecular flexibility index (Phi) is 3.64. The molecule has 1 fully saturated rings. The van der Waals surface area contributed by atoms with Crippen LogP contribution in [0.15, 0.2) is 22.9 Å². The van der Waals surface area contributed by atoms with Crippen LogP contribution in [0.3, 0.4) is 0 Å². The summed E-state index contributed by atoms with van der Waals surface area (Å²) in [5.41, 5.74) is 0.900. The van der Waals surface area contributed by atoms with Crippen molar-refractivity contribution in [1.29, 1.82) is 0 Å². The minimum Gasteiger partial charge on any atom is -0.359 e. The second kappa shape index (κ2) is 5.57. The minimum atomic E-state index is 0.444. The van der Waals surface area contributed by atoms with Gasteiger partial charge in [-0.3, -0.25) is 0 Å². The molecule has 0 amide bonds. The van der Waals surface area contributed by atoms with Gasteiger partial charge in [-0.05, 0) is 37.9 Å². The fourth-order valence-electron chi connectivity index (χ4n) is 2.97. The zero-order valence-electron chi connectivity index (χ0n) is 11.2. The molecule has 1 unspecified atom stereocenters. The lowest BCUT2D eigenvalue weighted by Gasteiger charge is -2.20. The minimum absolute atomic E-state index is 0.444. The number of nitrogens with zero attached hydrogens (tertiary/aromatic N) is 2. The van der Waals surface area contributed by atoms with Crippen molar-refractivity contribution in [2.75, 3.05) is 7.05 Å². The van der Waals surface area contributed by atoms with E-state index in [1.54, 1.807) is 0 Å². The van der Waals surface area contributed by atoms with Crippen molar-refractivity contribution in [3.05, 3.63) is 24.2 Å². The van der Waals surface area contributed by atoms with Crippen LogP contribution >= 0.6 is 0 Å². The summed E-state index contributed by atoms with van der Waals surface area (Å²) in [6.07, 6.45) is 7.99. The molecular formula is C14H20N4O. The van der Waals surface area contributed by atoms with E-state index in [0.717, 1.165) is 23.9 Å². The van der Waals surface area contributed by atoms with Gasteiger partial charge in [0.1, 0.15) is 0 Å². The SMILES string of the molecule is CNC(Cc1nc(-c2ccc[nH]2)no1)C1CCCC1. The van der Waals surface area contributed by atoms with Crippen molar-refractivity contribution in [1.82, 2.24) is 20.4 Å². The highest BCUT2D eigenvalue weighted by Crippen LogP contribution is 2.29. The molecular weight excluding hydrogens is 240 g/mol. The molecule has 0 saturated heterocycles. The monoisotopic (exact) mass is 260 g/mol. The molecule has 102 valence electrons. The summed E-state index contributed by atoms with van der Waals surface area (Å²) in [6.45, 7) is 0. The van der Waals surface area contributed by atoms with Gasteiger partial charge in [-0.15, -0.1) is 0 Å². The van der Waals surface area contributed by atoms with Gasteiger partial charge in [0.05, 0.1) is 5.69 Å². The van der Waals surface area contributed by atoms with Gasteiger partial charge in [0.2, 0.25) is 11.7 Å². The summed E-state index contributed by atoms with van der Waals surface area (Å²) < 4.78 is 5.36. The third-order valence-electron chi connectivity index (χ3n) is 4.04. The third-order valence-corrected chi connectivity index (χ3v) is 4.04. The standard InChI is InChI=1S/C14H20N4O/c1-15-12(10-5-2-3-6-10)9-13-17-14(18-19-13)11-7-4-8-16-11/h4,7-8,10,12,15-16H,2-3,5-6,9H2,1H3. The first-order chi connectivity index (χ1) is 9.36. The lowest BCUT2D eigenvalue weighted by molar-refractivity contribution is 0.318. The Hall–Kier alpha value is -1.62. The highest BCUT2D eigenvalue weighted by atomic mass is 16.5. The van der Waals surface area contributed by atoms with E-state index in [9.17, 15) is 0 Å². The largest absolute Gasteiger partial charge is 0.359 e. The lowest BCUT2D eigenvalue weighted by Crippen LogP contribution is -2.34. The average Bonchev–Trinajstić information content (AvgIpc) is 3.15. The fraction of sp³-hybridized carbons (Fsp3) is 0.571. The van der Waals surface area contributed by atoms with Crippen LogP contribution in [-0.2, 0) is 6.42 Å². The zero-order chi connectivity index (χ0) is 13.1. The van der Waals surface area contributed by atoms with Crippen LogP contribution in [-0.4, -0.2) is 28.2 Å². The molecule has 1 aliphatic carbocycles. The average molecular weight is 260 g/mol. The van der Waals surface area contributed by atoms with E-state index in [0.29, 0.717) is 11.9 Å². The maximum atomic E-state index is 5.36. The molecule has 0 aromatic carbocycles. The predicted molar refractivity (Wildman–Crippen MR) is 72.6 cm³/mol. The Morgan fingerprint density at radius 1 is 1.47 bits per heavy atom. The second-order valence-electron chi connectivity index (χ2n) is 5.24. The molecule has 1 atom stereocenters. The van der Waals surface area contributed by atoms with E-state index in [1.807, 2.05) is 25.4 Å². The smallest absolute Gasteiger partial charge is 0.228 e. The van der Waals surface area contributed by atoms with Crippen LogP contribution in [0.25, 0.3) is 11.5 Å². The van der Waals surface area contributed by atoms with Crippen molar-refractivity contribution in [2.45, 2.75) is 38.1 Å². The zero-order valence-corrected chi connectivity index (χ0v) is 11.2. The van der Waals surface area contributed by atoms with E-state index in [2.05, 4.69) is 20.4 Å². The molecule has 2 heterocycles. The number of likely N-dealkylation sites (N-methyl/N-ethyl adjacent to an activating group) is 1. The summed E-state index contributed by atoms with van der Waals surface area (Å²) >= 11 is 0. The van der Waals surface area contributed by atoms with E-state index < -0.39 is 0 Å². The van der Waals surface area contributed by atoms with Gasteiger partial charge < -0.3 is 14.8 Å². The first-order valence-corrected chi connectivity index (χ1v) is 7.00. The number of rotatable bonds is 5. The molecule has 2 aromatic rings. The van der Waals surface area contributed by atoms with E-state index >= 15 is 0 Å². The molecule has 2 N–H and O–H groups in total. The number of H-pyrrole nitrogens is 1. The molecule has 3 rings (SSSR count). The molecule has 0 spiro atoms. The second-order valence-corrected chi connectivity index (χ2v) is 5.24. The predicted octanol–water partition coefficient (Wildman–Crippen LogP) is 2.39. The lowest BCUT2D eigenvalue weighted by atomic mass is 9.95. The molecule has 0 aliphatic heterocycles. The van der Waals surface area contributed by atoms with Crippen molar-refractivity contribution in [2.24, 2.45) is 5.92 Å². The van der Waals surface area contributed by atoms with Crippen molar-refractivity contribution in [3.63, 3.8) is 0 Å². The van der Waals surface area contributed by atoms with Crippen LogP contribution in [0.2, 0.25) is 0 Å². The number of hydrogen-bond acceptors (Lipinski definition) is 4. The molecule has 5 nitrogen and oxygen atoms in total. The Bertz CT molecular complexity index is 499. The third kappa shape index (κ3) is 2.71. The number of aromatic nitrogens is 3. The van der Waals surface area contributed by atoms with Gasteiger partial charge in [-0.1, -0.05) is 18.0 Å². The van der Waals surface area contributed by atoms with E-state index in [-0.39, 0.29) is 0 Å². The Morgan fingerprint density at radius 2 is 2.32 bits per heavy atom. The van der Waals surface area contributed by atoms with Crippen molar-refractivity contribution >= 4 is 0 Å². The van der Waals surface area contributed by atoms with Gasteiger partial charge in [-0.25, -0.2) is 0 Å². The van der Waals surface area contributed by atoms with Gasteiger partial charge in [0, 0.05) is 18.7 Å². The maximum absolute atomic E-state index is 5.36. The summed E-state index contributed by atoms with van der Waals surface area (Å²) in [4.78, 5) is 7.55. The van der Waals surface area contributed by atoms with Gasteiger partial charge in [-0.2, -0.15) is 4.98 Å². The van der Waals surface area contributed by atoms with E-state index in [4.69, 9.17) is 4.52 Å². The van der Waals surface area contributed by atoms with Crippen LogP contribution < -0.4 is 5.32 Å². The normalized spacial score (nSPS) is 17.9. The Balaban J connectivity index is 1.68. The van der Waals surface area contributed by atoms with Gasteiger partial charge in [0.25, 0.3) is 0 Å². The molecule has 2 aromatic heterocycles. The fourth-order valence-corrected chi connectivity index (χ4v) is 2.97. The van der Waals surface area contributed by atoms with Gasteiger partial charge in [0.15, 0.2) is 0 Å². The van der Waals surface area contributed by atoms with Crippen LogP contribution in [0.5, 0.6) is 0 Å². The summed E-state index contributed by atoms with van der Waals surface area (Å²) in [6, 6.07) is 4.32. The maximum Gasteiger partial charge on any atom is 0.228 e. The van der Waals surface area contributed by atoms with Crippen LogP contribution in [0.4, 0.5) is 0 Å². The first-order valence-electron chi connectivity index (χ1n) is 7.00. The summed E-state index contributed by atoms with van der Waals surface area (Å²) in [5.74, 6) is 2.10. The van der Waals surface area contributed by atoms with Crippen LogP contribution in [0, 0.1) is 5.92 Å². The van der Waals surface area contributed by atoms with Crippen molar-refractivity contribution in [3.8, 4) is 11.5 Å². The topological polar surface area (TPSA) is 66.7 Å². The summed E-state index contributed by atoms with van der Waals surface area (Å²) in [5, 5.41) is 7.43. The first kappa shape index (κ1) is 12.4. The van der Waals surface area contributed by atoms with Gasteiger partial charge >= 0.3 is 0 Å². The van der Waals surface area contributed by atoms with Crippen LogP contribution in [0.1, 0.15) is 31.6 Å². The molecule has 19 heavy (non-hydrogen) atoms. The molecule has 1 aliphatic rings. The molecule has 0 radical (unpaired) electrons. The number of aromatic amines is 1. The summed E-state index contributed by atoms with van der Waals surface area (Å²) in [7, 11) is 2.02. The molecule has 5 heteroatoms. The highest BCUT2D eigenvalue weighted by molar-refractivity contribution is 5.47. The number of nitrogens with one attached hydrogen (secondary N) is 2. The van der Waals surface area contributed by atoms with E-state index in [1.165, 1.54) is 25.7 Å². The van der Waals surface area contributed by atoms with Crippen molar-refractivity contribution < 1.29 is 4.52 Å². The highest BCUT2D eigenvalue weighted by Gasteiger charge is 2.25. The number of hydrogen-bond donors (Lipinski definition) is 2. The molecule has 1 saturated carbocycles. The Morgan fingerprint density at radius 3 is 3.00 bits per heavy atom.